The highest BCUT2D eigenvalue weighted by molar-refractivity contribution is 5.50. The lowest BCUT2D eigenvalue weighted by Gasteiger charge is -1.83. The van der Waals surface area contributed by atoms with E-state index in [1.165, 1.54) is 0 Å². The molecule has 1 rings (SSSR count). The Kier molecular flexibility index (Phi) is 2.07. The van der Waals surface area contributed by atoms with E-state index < -0.39 is 0 Å². The first-order valence-corrected chi connectivity index (χ1v) is 2.79. The van der Waals surface area contributed by atoms with Gasteiger partial charge in [-0.3, -0.25) is 4.79 Å². The fourth-order valence-corrected chi connectivity index (χ4v) is 0.630. The number of hydrogen-bond acceptors (Lipinski definition) is 2. The predicted octanol–water partition coefficient (Wildman–Crippen LogP) is 1.32. The lowest BCUT2D eigenvalue weighted by atomic mass is 10.2. The second-order valence-corrected chi connectivity index (χ2v) is 1.78. The third-order valence-electron chi connectivity index (χ3n) is 1.10. The molecule has 1 radical (unpaired) electrons. The van der Waals surface area contributed by atoms with Crippen molar-refractivity contribution in [3.63, 3.8) is 0 Å². The van der Waals surface area contributed by atoms with E-state index in [-0.39, 0.29) is 0 Å². The molecule has 47 valence electrons. The van der Waals surface area contributed by atoms with Crippen molar-refractivity contribution in [1.82, 2.24) is 0 Å². The normalized spacial score (nSPS) is 9.33. The van der Waals surface area contributed by atoms with Crippen LogP contribution in [-0.4, -0.2) is 6.29 Å². The molecule has 0 fully saturated rings. The average Bonchev–Trinajstić information content (AvgIpc) is 2.34. The lowest BCUT2D eigenvalue weighted by Crippen LogP contribution is -1.80. The van der Waals surface area contributed by atoms with Gasteiger partial charge in [0.1, 0.15) is 0 Å². The predicted molar refractivity (Wildman–Crippen MR) is 32.7 cm³/mol. The van der Waals surface area contributed by atoms with Gasteiger partial charge in [-0.05, 0) is 18.1 Å². The van der Waals surface area contributed by atoms with Crippen molar-refractivity contribution in [1.29, 1.82) is 0 Å². The Balaban J connectivity index is 2.38. The van der Waals surface area contributed by atoms with Crippen LogP contribution in [0.1, 0.15) is 12.0 Å². The van der Waals surface area contributed by atoms with E-state index in [4.69, 9.17) is 4.42 Å². The van der Waals surface area contributed by atoms with E-state index in [1.807, 2.05) is 12.4 Å². The minimum Gasteiger partial charge on any atom is -0.472 e. The van der Waals surface area contributed by atoms with Gasteiger partial charge < -0.3 is 4.42 Å². The summed E-state index contributed by atoms with van der Waals surface area (Å²) in [6.07, 6.45) is 6.24. The molecule has 0 aliphatic heterocycles. The van der Waals surface area contributed by atoms with Crippen LogP contribution in [0.4, 0.5) is 0 Å². The standard InChI is InChI=1S/C7H7O2/c8-4-1-2-7-3-5-9-6-7/h3,5-6H,1-2H2. The van der Waals surface area contributed by atoms with Gasteiger partial charge in [0.05, 0.1) is 12.5 Å². The van der Waals surface area contributed by atoms with Crippen LogP contribution in [0.2, 0.25) is 0 Å². The highest BCUT2D eigenvalue weighted by Gasteiger charge is 1.91. The summed E-state index contributed by atoms with van der Waals surface area (Å²) in [6, 6.07) is 1.84. The molecule has 1 aromatic heterocycles. The van der Waals surface area contributed by atoms with Crippen LogP contribution in [0, 0.1) is 0 Å². The fraction of sp³-hybridized carbons (Fsp3) is 0.286. The van der Waals surface area contributed by atoms with Gasteiger partial charge in [0.2, 0.25) is 0 Å². The molecule has 0 aliphatic carbocycles. The van der Waals surface area contributed by atoms with Crippen LogP contribution in [0.25, 0.3) is 0 Å². The van der Waals surface area contributed by atoms with Gasteiger partial charge in [-0.2, -0.15) is 0 Å². The Morgan fingerprint density at radius 2 is 2.56 bits per heavy atom. The second-order valence-electron chi connectivity index (χ2n) is 1.78. The van der Waals surface area contributed by atoms with E-state index in [1.54, 1.807) is 12.5 Å². The van der Waals surface area contributed by atoms with Crippen molar-refractivity contribution in [2.45, 2.75) is 12.8 Å². The Morgan fingerprint density at radius 1 is 1.67 bits per heavy atom. The monoisotopic (exact) mass is 123 g/mol. The zero-order valence-corrected chi connectivity index (χ0v) is 4.96. The molecular weight excluding hydrogens is 116 g/mol. The summed E-state index contributed by atoms with van der Waals surface area (Å²) in [4.78, 5) is 9.74. The minimum absolute atomic E-state index is 0.458. The van der Waals surface area contributed by atoms with Crippen LogP contribution in [0.5, 0.6) is 0 Å². The summed E-state index contributed by atoms with van der Waals surface area (Å²) in [5.41, 5.74) is 1.05. The third-order valence-corrected chi connectivity index (χ3v) is 1.10. The Bertz CT molecular complexity index is 165. The van der Waals surface area contributed by atoms with Gasteiger partial charge in [0.15, 0.2) is 6.29 Å². The van der Waals surface area contributed by atoms with Crippen LogP contribution < -0.4 is 0 Å². The van der Waals surface area contributed by atoms with Gasteiger partial charge in [-0.1, -0.05) is 0 Å². The number of aryl methyl sites for hydroxylation is 1. The SMILES string of the molecule is O=[C]CCc1ccoc1. The molecule has 0 N–H and O–H groups in total. The smallest absolute Gasteiger partial charge is 0.198 e. The molecule has 0 bridgehead atoms. The van der Waals surface area contributed by atoms with Crippen molar-refractivity contribution in [2.75, 3.05) is 0 Å². The van der Waals surface area contributed by atoms with Gasteiger partial charge in [0.25, 0.3) is 0 Å². The van der Waals surface area contributed by atoms with Crippen LogP contribution in [0.3, 0.4) is 0 Å². The maximum absolute atomic E-state index is 9.74. The first-order valence-electron chi connectivity index (χ1n) is 2.79. The van der Waals surface area contributed by atoms with Gasteiger partial charge >= 0.3 is 0 Å². The Morgan fingerprint density at radius 3 is 3.11 bits per heavy atom. The molecule has 0 saturated heterocycles. The summed E-state index contributed by atoms with van der Waals surface area (Å²) < 4.78 is 4.78. The lowest BCUT2D eigenvalue weighted by molar-refractivity contribution is 0.549. The number of furan rings is 1. The topological polar surface area (TPSA) is 30.2 Å². The van der Waals surface area contributed by atoms with Crippen molar-refractivity contribution >= 4 is 6.29 Å². The molecule has 0 amide bonds. The molecule has 2 nitrogen and oxygen atoms in total. The summed E-state index contributed by atoms with van der Waals surface area (Å²) in [6.45, 7) is 0. The highest BCUT2D eigenvalue weighted by Crippen LogP contribution is 2.01. The van der Waals surface area contributed by atoms with E-state index >= 15 is 0 Å². The average molecular weight is 123 g/mol. The minimum atomic E-state index is 0.458. The molecule has 1 heterocycles. The maximum Gasteiger partial charge on any atom is 0.198 e. The summed E-state index contributed by atoms with van der Waals surface area (Å²) >= 11 is 0. The van der Waals surface area contributed by atoms with Crippen molar-refractivity contribution in [3.8, 4) is 0 Å². The van der Waals surface area contributed by atoms with E-state index in [2.05, 4.69) is 0 Å². The first kappa shape index (κ1) is 6.08. The molecule has 0 aromatic carbocycles. The number of hydrogen-bond donors (Lipinski definition) is 0. The molecule has 0 spiro atoms. The highest BCUT2D eigenvalue weighted by atomic mass is 16.3. The molecular formula is C7H7O2. The molecule has 9 heavy (non-hydrogen) atoms. The van der Waals surface area contributed by atoms with E-state index in [0.717, 1.165) is 12.0 Å². The maximum atomic E-state index is 9.74. The third kappa shape index (κ3) is 1.72. The zero-order chi connectivity index (χ0) is 6.53. The number of rotatable bonds is 3. The largest absolute Gasteiger partial charge is 0.472 e. The van der Waals surface area contributed by atoms with Crippen LogP contribution in [0.15, 0.2) is 23.0 Å². The molecule has 2 heteroatoms. The summed E-state index contributed by atoms with van der Waals surface area (Å²) in [7, 11) is 0. The molecule has 0 saturated carbocycles. The summed E-state index contributed by atoms with van der Waals surface area (Å²) in [5.74, 6) is 0. The van der Waals surface area contributed by atoms with E-state index in [0.29, 0.717) is 6.42 Å². The van der Waals surface area contributed by atoms with Crippen molar-refractivity contribution in [3.05, 3.63) is 24.2 Å². The van der Waals surface area contributed by atoms with E-state index in [9.17, 15) is 4.79 Å². The van der Waals surface area contributed by atoms with Crippen molar-refractivity contribution in [2.24, 2.45) is 0 Å². The molecule has 1 aromatic rings. The van der Waals surface area contributed by atoms with Crippen molar-refractivity contribution < 1.29 is 9.21 Å². The second kappa shape index (κ2) is 3.07. The van der Waals surface area contributed by atoms with Gasteiger partial charge in [0, 0.05) is 6.42 Å². The van der Waals surface area contributed by atoms with Gasteiger partial charge in [-0.25, -0.2) is 0 Å². The Labute approximate surface area is 53.5 Å². The summed E-state index contributed by atoms with van der Waals surface area (Å²) in [5, 5.41) is 0. The van der Waals surface area contributed by atoms with Crippen LogP contribution >= 0.6 is 0 Å². The Hall–Kier alpha value is -1.05. The molecule has 0 atom stereocenters. The molecule has 0 unspecified atom stereocenters. The van der Waals surface area contributed by atoms with Gasteiger partial charge in [-0.15, -0.1) is 0 Å². The first-order chi connectivity index (χ1) is 4.43. The quantitative estimate of drug-likeness (QED) is 0.606. The number of carbonyl (C=O) groups excluding carboxylic acids is 1. The van der Waals surface area contributed by atoms with Crippen LogP contribution in [-0.2, 0) is 11.2 Å². The molecule has 0 aliphatic rings. The fourth-order valence-electron chi connectivity index (χ4n) is 0.630. The zero-order valence-electron chi connectivity index (χ0n) is 4.96.